The van der Waals surface area contributed by atoms with Gasteiger partial charge in [0, 0.05) is 17.1 Å². The van der Waals surface area contributed by atoms with E-state index in [1.807, 2.05) is 6.07 Å². The van der Waals surface area contributed by atoms with Crippen LogP contribution in [0.5, 0.6) is 0 Å². The lowest BCUT2D eigenvalue weighted by Gasteiger charge is -2.02. The molecule has 2 nitrogen and oxygen atoms in total. The van der Waals surface area contributed by atoms with E-state index in [-0.39, 0.29) is 11.0 Å². The molecular weight excluding hydrogens is 181 g/mol. The lowest BCUT2D eigenvalue weighted by molar-refractivity contribution is 0.409. The third-order valence-corrected chi connectivity index (χ3v) is 2.15. The Kier molecular flexibility index (Phi) is 2.08. The lowest BCUT2D eigenvalue weighted by Crippen LogP contribution is -2.10. The Bertz CT molecular complexity index is 516. The average Bonchev–Trinajstić information content (AvgIpc) is 2.18. The SMILES string of the molecule is [CH2]C(F)c1c[nH]c2ccccc2c1=O. The van der Waals surface area contributed by atoms with E-state index >= 15 is 0 Å². The van der Waals surface area contributed by atoms with E-state index in [2.05, 4.69) is 11.9 Å². The van der Waals surface area contributed by atoms with Gasteiger partial charge in [0.2, 0.25) is 0 Å². The minimum atomic E-state index is -1.48. The van der Waals surface area contributed by atoms with E-state index in [0.717, 1.165) is 0 Å². The maximum atomic E-state index is 12.9. The van der Waals surface area contributed by atoms with E-state index < -0.39 is 6.17 Å². The zero-order valence-corrected chi connectivity index (χ0v) is 7.46. The molecule has 2 rings (SSSR count). The quantitative estimate of drug-likeness (QED) is 0.735. The molecule has 2 aromatic rings. The monoisotopic (exact) mass is 190 g/mol. The van der Waals surface area contributed by atoms with Crippen LogP contribution in [0.1, 0.15) is 11.7 Å². The van der Waals surface area contributed by atoms with E-state index in [4.69, 9.17) is 0 Å². The molecule has 0 aliphatic rings. The van der Waals surface area contributed by atoms with E-state index in [1.165, 1.54) is 6.20 Å². The van der Waals surface area contributed by atoms with E-state index in [0.29, 0.717) is 10.9 Å². The summed E-state index contributed by atoms with van der Waals surface area (Å²) in [4.78, 5) is 14.5. The lowest BCUT2D eigenvalue weighted by atomic mass is 10.1. The zero-order valence-electron chi connectivity index (χ0n) is 7.46. The van der Waals surface area contributed by atoms with Gasteiger partial charge < -0.3 is 4.98 Å². The van der Waals surface area contributed by atoms with Crippen molar-refractivity contribution in [1.29, 1.82) is 0 Å². The third kappa shape index (κ3) is 1.31. The Morgan fingerprint density at radius 3 is 2.79 bits per heavy atom. The minimum Gasteiger partial charge on any atom is -0.361 e. The number of halogens is 1. The number of aromatic amines is 1. The molecule has 0 fully saturated rings. The number of nitrogens with one attached hydrogen (secondary N) is 1. The Hall–Kier alpha value is -1.64. The first kappa shape index (κ1) is 8.94. The highest BCUT2D eigenvalue weighted by Crippen LogP contribution is 2.14. The number of fused-ring (bicyclic) bond motifs is 1. The highest BCUT2D eigenvalue weighted by molar-refractivity contribution is 5.78. The van der Waals surface area contributed by atoms with Crippen LogP contribution in [0.3, 0.4) is 0 Å². The van der Waals surface area contributed by atoms with Crippen LogP contribution in [0.25, 0.3) is 10.9 Å². The number of pyridine rings is 1. The fourth-order valence-electron chi connectivity index (χ4n) is 1.42. The Morgan fingerprint density at radius 2 is 2.07 bits per heavy atom. The first-order valence-corrected chi connectivity index (χ1v) is 4.27. The summed E-state index contributed by atoms with van der Waals surface area (Å²) < 4.78 is 12.9. The van der Waals surface area contributed by atoms with Gasteiger partial charge in [-0.15, -0.1) is 0 Å². The first-order valence-electron chi connectivity index (χ1n) is 4.27. The van der Waals surface area contributed by atoms with Crippen LogP contribution in [0.4, 0.5) is 4.39 Å². The molecule has 0 bridgehead atoms. The van der Waals surface area contributed by atoms with Crippen molar-refractivity contribution in [2.45, 2.75) is 6.17 Å². The van der Waals surface area contributed by atoms with Crippen molar-refractivity contribution in [3.05, 3.63) is 53.2 Å². The fraction of sp³-hybridized carbons (Fsp3) is 0.0909. The number of H-pyrrole nitrogens is 1. The van der Waals surface area contributed by atoms with Gasteiger partial charge in [0.15, 0.2) is 5.43 Å². The number of hydrogen-bond donors (Lipinski definition) is 1. The maximum Gasteiger partial charge on any atom is 0.195 e. The van der Waals surface area contributed by atoms with Crippen molar-refractivity contribution in [3.8, 4) is 0 Å². The number of hydrogen-bond acceptors (Lipinski definition) is 1. The van der Waals surface area contributed by atoms with Gasteiger partial charge in [0.05, 0.1) is 5.56 Å². The summed E-state index contributed by atoms with van der Waals surface area (Å²) in [6.45, 7) is 3.19. The molecule has 0 aliphatic carbocycles. The number of para-hydroxylation sites is 1. The fourth-order valence-corrected chi connectivity index (χ4v) is 1.42. The molecule has 0 amide bonds. The molecule has 0 saturated carbocycles. The Balaban J connectivity index is 2.82. The molecule has 1 heterocycles. The second-order valence-electron chi connectivity index (χ2n) is 3.09. The number of benzene rings is 1. The van der Waals surface area contributed by atoms with Crippen LogP contribution in [-0.2, 0) is 0 Å². The summed E-state index contributed by atoms with van der Waals surface area (Å²) >= 11 is 0. The van der Waals surface area contributed by atoms with Gasteiger partial charge in [-0.3, -0.25) is 4.79 Å². The van der Waals surface area contributed by atoms with Crippen molar-refractivity contribution in [2.75, 3.05) is 0 Å². The van der Waals surface area contributed by atoms with E-state index in [1.54, 1.807) is 18.2 Å². The van der Waals surface area contributed by atoms with Crippen LogP contribution in [0.2, 0.25) is 0 Å². The summed E-state index contributed by atoms with van der Waals surface area (Å²) in [6.07, 6.45) is -0.106. The van der Waals surface area contributed by atoms with Crippen molar-refractivity contribution in [1.82, 2.24) is 4.98 Å². The summed E-state index contributed by atoms with van der Waals surface area (Å²) in [7, 11) is 0. The average molecular weight is 190 g/mol. The van der Waals surface area contributed by atoms with Gasteiger partial charge in [-0.2, -0.15) is 0 Å². The predicted molar refractivity (Wildman–Crippen MR) is 53.8 cm³/mol. The summed E-state index contributed by atoms with van der Waals surface area (Å²) in [5, 5.41) is 0.497. The van der Waals surface area contributed by atoms with Crippen molar-refractivity contribution in [2.24, 2.45) is 0 Å². The molecule has 0 aliphatic heterocycles. The van der Waals surface area contributed by atoms with Crippen LogP contribution < -0.4 is 5.43 Å². The third-order valence-electron chi connectivity index (χ3n) is 2.15. The summed E-state index contributed by atoms with van der Waals surface area (Å²) in [5.74, 6) is 0. The molecule has 1 aromatic carbocycles. The molecule has 1 radical (unpaired) electrons. The zero-order chi connectivity index (χ0) is 10.1. The van der Waals surface area contributed by atoms with Crippen LogP contribution >= 0.6 is 0 Å². The van der Waals surface area contributed by atoms with Crippen molar-refractivity contribution < 1.29 is 4.39 Å². The summed E-state index contributed by atoms with van der Waals surface area (Å²) in [5.41, 5.74) is 0.493. The molecule has 0 spiro atoms. The number of aromatic nitrogens is 1. The molecule has 3 heteroatoms. The predicted octanol–water partition coefficient (Wildman–Crippen LogP) is 2.37. The van der Waals surface area contributed by atoms with Gasteiger partial charge >= 0.3 is 0 Å². The molecule has 14 heavy (non-hydrogen) atoms. The molecule has 1 N–H and O–H groups in total. The molecule has 71 valence electrons. The summed E-state index contributed by atoms with van der Waals surface area (Å²) in [6, 6.07) is 7.00. The van der Waals surface area contributed by atoms with Crippen LogP contribution in [-0.4, -0.2) is 4.98 Å². The normalized spacial score (nSPS) is 13.0. The Morgan fingerprint density at radius 1 is 1.36 bits per heavy atom. The van der Waals surface area contributed by atoms with Gasteiger partial charge in [0.1, 0.15) is 6.17 Å². The van der Waals surface area contributed by atoms with Gasteiger partial charge in [0.25, 0.3) is 0 Å². The van der Waals surface area contributed by atoms with Gasteiger partial charge in [-0.05, 0) is 19.1 Å². The Labute approximate surface area is 80.4 Å². The first-order chi connectivity index (χ1) is 6.70. The van der Waals surface area contributed by atoms with Gasteiger partial charge in [-0.1, -0.05) is 12.1 Å². The largest absolute Gasteiger partial charge is 0.361 e. The van der Waals surface area contributed by atoms with Crippen molar-refractivity contribution in [3.63, 3.8) is 0 Å². The molecule has 1 unspecified atom stereocenters. The molecule has 1 aromatic heterocycles. The maximum absolute atomic E-state index is 12.9. The standard InChI is InChI=1S/C11H9FNO/c1-7(12)9-6-13-10-5-3-2-4-8(10)11(9)14/h2-7H,1H2,(H,13,14). The van der Waals surface area contributed by atoms with Crippen LogP contribution in [0.15, 0.2) is 35.3 Å². The number of rotatable bonds is 1. The van der Waals surface area contributed by atoms with Crippen molar-refractivity contribution >= 4 is 10.9 Å². The second kappa shape index (κ2) is 3.25. The number of alkyl halides is 1. The van der Waals surface area contributed by atoms with E-state index in [9.17, 15) is 9.18 Å². The van der Waals surface area contributed by atoms with Gasteiger partial charge in [-0.25, -0.2) is 4.39 Å². The minimum absolute atomic E-state index is 0.0729. The molecule has 0 saturated heterocycles. The smallest absolute Gasteiger partial charge is 0.195 e. The molecular formula is C11H9FNO. The topological polar surface area (TPSA) is 32.9 Å². The van der Waals surface area contributed by atoms with Crippen LogP contribution in [0, 0.1) is 6.92 Å². The highest BCUT2D eigenvalue weighted by Gasteiger charge is 2.09. The highest BCUT2D eigenvalue weighted by atomic mass is 19.1. The molecule has 1 atom stereocenters. The second-order valence-corrected chi connectivity index (χ2v) is 3.09.